The molecule has 0 aromatic carbocycles. The molecule has 0 aliphatic rings. The number of carbonyl (C=O) groups excluding carboxylic acids is 1. The Morgan fingerprint density at radius 1 is 1.50 bits per heavy atom. The number of hydrogen-bond acceptors (Lipinski definition) is 6. The molecule has 2 aromatic rings. The van der Waals surface area contributed by atoms with E-state index < -0.39 is 22.7 Å². The highest BCUT2D eigenvalue weighted by Gasteiger charge is 2.19. The number of primary amides is 1. The highest BCUT2D eigenvalue weighted by Crippen LogP contribution is 2.28. The molecule has 9 heteroatoms. The van der Waals surface area contributed by atoms with E-state index in [1.807, 2.05) is 0 Å². The van der Waals surface area contributed by atoms with Gasteiger partial charge in [0.05, 0.1) is 10.3 Å². The number of hydrogen-bond donors (Lipinski definition) is 3. The van der Waals surface area contributed by atoms with E-state index in [4.69, 9.17) is 10.8 Å². The van der Waals surface area contributed by atoms with Gasteiger partial charge in [0, 0.05) is 0 Å². The lowest BCUT2D eigenvalue weighted by molar-refractivity contribution is -0.136. The second-order valence-corrected chi connectivity index (χ2v) is 6.40. The van der Waals surface area contributed by atoms with Crippen LogP contribution >= 0.6 is 23.1 Å². The summed E-state index contributed by atoms with van der Waals surface area (Å²) in [6, 6.07) is 0. The van der Waals surface area contributed by atoms with Crippen LogP contribution in [0, 0.1) is 6.92 Å². The lowest BCUT2D eigenvalue weighted by Gasteiger charge is -2.04. The van der Waals surface area contributed by atoms with E-state index in [9.17, 15) is 14.4 Å². The van der Waals surface area contributed by atoms with Crippen LogP contribution in [0.15, 0.2) is 9.95 Å². The average Bonchev–Trinajstić information content (AvgIpc) is 2.66. The molecule has 0 spiro atoms. The van der Waals surface area contributed by atoms with E-state index >= 15 is 0 Å². The number of rotatable bonds is 4. The van der Waals surface area contributed by atoms with Crippen molar-refractivity contribution in [3.63, 3.8) is 0 Å². The van der Waals surface area contributed by atoms with Crippen LogP contribution < -0.4 is 11.3 Å². The first kappa shape index (κ1) is 14.5. The largest absolute Gasteiger partial charge is 0.480 e. The highest BCUT2D eigenvalue weighted by atomic mass is 32.2. The molecule has 1 atom stereocenters. The van der Waals surface area contributed by atoms with Gasteiger partial charge in [-0.3, -0.25) is 14.4 Å². The molecule has 1 amide bonds. The van der Waals surface area contributed by atoms with Crippen LogP contribution in [0.3, 0.4) is 0 Å². The molecule has 0 fully saturated rings. The Labute approximate surface area is 121 Å². The third-order valence-electron chi connectivity index (χ3n) is 2.64. The molecule has 0 aliphatic carbocycles. The van der Waals surface area contributed by atoms with E-state index in [0.29, 0.717) is 15.8 Å². The minimum absolute atomic E-state index is 0.203. The van der Waals surface area contributed by atoms with E-state index in [2.05, 4.69) is 9.97 Å². The van der Waals surface area contributed by atoms with E-state index in [1.54, 1.807) is 6.92 Å². The maximum Gasteiger partial charge on any atom is 0.316 e. The second-order valence-electron chi connectivity index (χ2n) is 4.07. The summed E-state index contributed by atoms with van der Waals surface area (Å²) in [7, 11) is 0. The lowest BCUT2D eigenvalue weighted by Crippen LogP contribution is -2.15. The summed E-state index contributed by atoms with van der Waals surface area (Å²) in [5.74, 6) is -1.61. The molecule has 2 rings (SSSR count). The number of carboxylic acid groups (broad SMARTS) is 1. The molecule has 0 bridgehead atoms. The summed E-state index contributed by atoms with van der Waals surface area (Å²) in [5, 5.41) is 8.62. The first-order valence-electron chi connectivity index (χ1n) is 5.54. The Morgan fingerprint density at radius 2 is 2.15 bits per heavy atom. The standard InChI is InChI=1S/C11H11N3O4S2/c1-3-5-8(16)13-11(19-4(2)10(17)18)14-9(5)20-6(3)7(12)15/h4H,1-2H3,(H2,12,15)(H,17,18)(H,13,14,16). The molecule has 1 unspecified atom stereocenters. The van der Waals surface area contributed by atoms with Crippen LogP contribution in [0.1, 0.15) is 22.2 Å². The fourth-order valence-electron chi connectivity index (χ4n) is 1.63. The number of H-pyrrole nitrogens is 1. The molecule has 0 aliphatic heterocycles. The van der Waals surface area contributed by atoms with Crippen LogP contribution in [0.5, 0.6) is 0 Å². The summed E-state index contributed by atoms with van der Waals surface area (Å²) in [4.78, 5) is 41.4. The third kappa shape index (κ3) is 2.54. The number of amides is 1. The Hall–Kier alpha value is -1.87. The van der Waals surface area contributed by atoms with Gasteiger partial charge in [-0.2, -0.15) is 0 Å². The number of carbonyl (C=O) groups is 2. The summed E-state index contributed by atoms with van der Waals surface area (Å²) in [5.41, 5.74) is 5.32. The Morgan fingerprint density at radius 3 is 2.70 bits per heavy atom. The molecule has 2 heterocycles. The Kier molecular flexibility index (Phi) is 3.82. The molecule has 0 radical (unpaired) electrons. The predicted octanol–water partition coefficient (Wildman–Crippen LogP) is 0.957. The van der Waals surface area contributed by atoms with Gasteiger partial charge in [-0.15, -0.1) is 11.3 Å². The van der Waals surface area contributed by atoms with Crippen molar-refractivity contribution >= 4 is 45.2 Å². The van der Waals surface area contributed by atoms with Gasteiger partial charge in [0.2, 0.25) is 0 Å². The van der Waals surface area contributed by atoms with Crippen LogP contribution in [0.25, 0.3) is 10.2 Å². The van der Waals surface area contributed by atoms with Gasteiger partial charge < -0.3 is 15.8 Å². The maximum atomic E-state index is 12.0. The van der Waals surface area contributed by atoms with Crippen molar-refractivity contribution in [1.29, 1.82) is 0 Å². The number of aromatic amines is 1. The number of aliphatic carboxylic acids is 1. The number of nitrogens with one attached hydrogen (secondary N) is 1. The molecule has 106 valence electrons. The van der Waals surface area contributed by atoms with E-state index in [-0.39, 0.29) is 10.0 Å². The smallest absolute Gasteiger partial charge is 0.316 e. The Bertz CT molecular complexity index is 765. The van der Waals surface area contributed by atoms with Gasteiger partial charge in [0.15, 0.2) is 5.16 Å². The fraction of sp³-hybridized carbons (Fsp3) is 0.273. The number of aryl methyl sites for hydroxylation is 1. The first-order chi connectivity index (χ1) is 9.31. The molecule has 0 saturated carbocycles. The molecular formula is C11H11N3O4S2. The topological polar surface area (TPSA) is 126 Å². The van der Waals surface area contributed by atoms with Gasteiger partial charge in [0.1, 0.15) is 10.1 Å². The first-order valence-corrected chi connectivity index (χ1v) is 7.23. The molecule has 20 heavy (non-hydrogen) atoms. The van der Waals surface area contributed by atoms with Gasteiger partial charge >= 0.3 is 5.97 Å². The molecule has 0 saturated heterocycles. The number of carboxylic acids is 1. The zero-order chi connectivity index (χ0) is 15.0. The van der Waals surface area contributed by atoms with Crippen LogP contribution in [-0.2, 0) is 4.79 Å². The highest BCUT2D eigenvalue weighted by molar-refractivity contribution is 8.00. The maximum absolute atomic E-state index is 12.0. The molecule has 7 nitrogen and oxygen atoms in total. The number of aromatic nitrogens is 2. The number of nitrogens with two attached hydrogens (primary N) is 1. The number of fused-ring (bicyclic) bond motifs is 1. The number of thioether (sulfide) groups is 1. The van der Waals surface area contributed by atoms with Gasteiger partial charge in [-0.1, -0.05) is 11.8 Å². The second kappa shape index (κ2) is 5.25. The van der Waals surface area contributed by atoms with E-state index in [1.165, 1.54) is 6.92 Å². The fourth-order valence-corrected chi connectivity index (χ4v) is 3.46. The molecule has 2 aromatic heterocycles. The Balaban J connectivity index is 2.56. The van der Waals surface area contributed by atoms with Gasteiger partial charge in [-0.25, -0.2) is 4.98 Å². The summed E-state index contributed by atoms with van der Waals surface area (Å²) in [6.07, 6.45) is 0. The number of nitrogens with zero attached hydrogens (tertiary/aromatic N) is 1. The molecular weight excluding hydrogens is 302 g/mol. The van der Waals surface area contributed by atoms with Crippen LogP contribution in [-0.4, -0.2) is 32.2 Å². The van der Waals surface area contributed by atoms with E-state index in [0.717, 1.165) is 23.1 Å². The minimum Gasteiger partial charge on any atom is -0.480 e. The predicted molar refractivity (Wildman–Crippen MR) is 76.5 cm³/mol. The monoisotopic (exact) mass is 313 g/mol. The molecule has 4 N–H and O–H groups in total. The third-order valence-corrected chi connectivity index (χ3v) is 4.81. The summed E-state index contributed by atoms with van der Waals surface area (Å²) in [6.45, 7) is 3.12. The van der Waals surface area contributed by atoms with Crippen molar-refractivity contribution < 1.29 is 14.7 Å². The van der Waals surface area contributed by atoms with Gasteiger partial charge in [0.25, 0.3) is 11.5 Å². The van der Waals surface area contributed by atoms with Crippen molar-refractivity contribution in [1.82, 2.24) is 9.97 Å². The van der Waals surface area contributed by atoms with Crippen molar-refractivity contribution in [3.05, 3.63) is 20.8 Å². The SMILES string of the molecule is Cc1c(C(N)=O)sc2nc(SC(C)C(=O)O)[nH]c(=O)c12. The zero-order valence-corrected chi connectivity index (χ0v) is 12.2. The normalized spacial score (nSPS) is 12.5. The zero-order valence-electron chi connectivity index (χ0n) is 10.6. The van der Waals surface area contributed by atoms with Crippen molar-refractivity contribution in [2.75, 3.05) is 0 Å². The van der Waals surface area contributed by atoms with Crippen molar-refractivity contribution in [2.45, 2.75) is 24.3 Å². The lowest BCUT2D eigenvalue weighted by atomic mass is 10.2. The average molecular weight is 313 g/mol. The summed E-state index contributed by atoms with van der Waals surface area (Å²) >= 11 is 1.96. The minimum atomic E-state index is -1.00. The van der Waals surface area contributed by atoms with Crippen LogP contribution in [0.4, 0.5) is 0 Å². The summed E-state index contributed by atoms with van der Waals surface area (Å²) < 4.78 is 0. The van der Waals surface area contributed by atoms with Gasteiger partial charge in [-0.05, 0) is 19.4 Å². The number of thiophene rings is 1. The van der Waals surface area contributed by atoms with Crippen LogP contribution in [0.2, 0.25) is 0 Å². The van der Waals surface area contributed by atoms with Crippen molar-refractivity contribution in [2.24, 2.45) is 5.73 Å². The van der Waals surface area contributed by atoms with Crippen molar-refractivity contribution in [3.8, 4) is 0 Å². The quantitative estimate of drug-likeness (QED) is 0.570.